The highest BCUT2D eigenvalue weighted by Gasteiger charge is 2.15. The zero-order valence-corrected chi connectivity index (χ0v) is 14.7. The molecule has 0 aliphatic heterocycles. The van der Waals surface area contributed by atoms with Crippen LogP contribution in [0.15, 0.2) is 24.3 Å². The van der Waals surface area contributed by atoms with E-state index in [1.807, 2.05) is 31.2 Å². The summed E-state index contributed by atoms with van der Waals surface area (Å²) in [5.74, 6) is 0.150. The number of thiophene rings is 2. The van der Waals surface area contributed by atoms with Gasteiger partial charge in [-0.15, -0.1) is 34.0 Å². The summed E-state index contributed by atoms with van der Waals surface area (Å²) in [6, 6.07) is 7.91. The first kappa shape index (κ1) is 15.3. The molecule has 112 valence electrons. The summed E-state index contributed by atoms with van der Waals surface area (Å²) in [4.78, 5) is 32.2. The average molecular weight is 347 g/mol. The number of rotatable bonds is 4. The number of carbonyl (C=O) groups is 2. The van der Waals surface area contributed by atoms with Crippen LogP contribution in [0.2, 0.25) is 0 Å². The van der Waals surface area contributed by atoms with Crippen molar-refractivity contribution in [3.8, 4) is 19.6 Å². The molecule has 0 bridgehead atoms. The van der Waals surface area contributed by atoms with Crippen molar-refractivity contribution in [3.63, 3.8) is 0 Å². The second-order valence-electron chi connectivity index (χ2n) is 4.87. The molecule has 0 amide bonds. The first-order valence-electron chi connectivity index (χ1n) is 6.65. The van der Waals surface area contributed by atoms with Crippen molar-refractivity contribution in [2.75, 3.05) is 0 Å². The first-order chi connectivity index (χ1) is 10.5. The molecule has 0 saturated heterocycles. The van der Waals surface area contributed by atoms with Crippen LogP contribution in [-0.2, 0) is 0 Å². The number of nitrogens with zero attached hydrogens (tertiary/aromatic N) is 1. The van der Waals surface area contributed by atoms with E-state index in [-0.39, 0.29) is 11.6 Å². The number of thiazole rings is 1. The molecule has 3 heterocycles. The quantitative estimate of drug-likeness (QED) is 0.601. The smallest absolute Gasteiger partial charge is 0.171 e. The Morgan fingerprint density at radius 3 is 2.09 bits per heavy atom. The molecular weight excluding hydrogens is 334 g/mol. The summed E-state index contributed by atoms with van der Waals surface area (Å²) in [7, 11) is 0. The van der Waals surface area contributed by atoms with Gasteiger partial charge >= 0.3 is 0 Å². The fourth-order valence-electron chi connectivity index (χ4n) is 2.07. The van der Waals surface area contributed by atoms with Crippen molar-refractivity contribution in [3.05, 3.63) is 39.7 Å². The second kappa shape index (κ2) is 5.87. The molecule has 0 aromatic carbocycles. The Balaban J connectivity index is 1.94. The Morgan fingerprint density at radius 2 is 1.50 bits per heavy atom. The van der Waals surface area contributed by atoms with Gasteiger partial charge in [-0.25, -0.2) is 4.98 Å². The standard InChI is InChI=1S/C16H13NO2S3/c1-8-15(10(3)19)22-16(17-8)14-7-6-13(21-14)12-5-4-11(20-12)9(2)18/h4-7H,1-3H3. The highest BCUT2D eigenvalue weighted by Crippen LogP contribution is 2.39. The van der Waals surface area contributed by atoms with Crippen LogP contribution >= 0.6 is 34.0 Å². The van der Waals surface area contributed by atoms with E-state index in [9.17, 15) is 9.59 Å². The summed E-state index contributed by atoms with van der Waals surface area (Å²) < 4.78 is 0. The lowest BCUT2D eigenvalue weighted by molar-refractivity contribution is 0.101. The molecule has 0 N–H and O–H groups in total. The average Bonchev–Trinajstić information content (AvgIpc) is 3.16. The van der Waals surface area contributed by atoms with Crippen molar-refractivity contribution >= 4 is 45.6 Å². The van der Waals surface area contributed by atoms with Gasteiger partial charge in [0.1, 0.15) is 5.01 Å². The van der Waals surface area contributed by atoms with Crippen molar-refractivity contribution in [2.24, 2.45) is 0 Å². The molecule has 0 atom stereocenters. The summed E-state index contributed by atoms with van der Waals surface area (Å²) in [5.41, 5.74) is 0.789. The van der Waals surface area contributed by atoms with Gasteiger partial charge < -0.3 is 0 Å². The monoisotopic (exact) mass is 347 g/mol. The Bertz CT molecular complexity index is 870. The van der Waals surface area contributed by atoms with Gasteiger partial charge in [0, 0.05) is 16.7 Å². The van der Waals surface area contributed by atoms with Gasteiger partial charge in [-0.3, -0.25) is 9.59 Å². The fourth-order valence-corrected chi connectivity index (χ4v) is 5.09. The topological polar surface area (TPSA) is 47.0 Å². The Morgan fingerprint density at radius 1 is 0.864 bits per heavy atom. The molecule has 3 aromatic heterocycles. The molecule has 0 radical (unpaired) electrons. The molecule has 3 aromatic rings. The highest BCUT2D eigenvalue weighted by molar-refractivity contribution is 7.27. The van der Waals surface area contributed by atoms with Gasteiger partial charge in [0.15, 0.2) is 11.6 Å². The molecule has 6 heteroatoms. The molecule has 0 spiro atoms. The van der Waals surface area contributed by atoms with E-state index in [1.54, 1.807) is 25.2 Å². The highest BCUT2D eigenvalue weighted by atomic mass is 32.1. The zero-order chi connectivity index (χ0) is 15.9. The minimum absolute atomic E-state index is 0.0578. The van der Waals surface area contributed by atoms with Gasteiger partial charge in [-0.2, -0.15) is 0 Å². The maximum atomic E-state index is 11.5. The minimum Gasteiger partial charge on any atom is -0.294 e. The summed E-state index contributed by atoms with van der Waals surface area (Å²) in [5, 5.41) is 0.877. The van der Waals surface area contributed by atoms with Crippen molar-refractivity contribution < 1.29 is 9.59 Å². The van der Waals surface area contributed by atoms with Gasteiger partial charge in [-0.05, 0) is 38.1 Å². The van der Waals surface area contributed by atoms with E-state index >= 15 is 0 Å². The maximum absolute atomic E-state index is 11.5. The number of ketones is 2. The molecule has 22 heavy (non-hydrogen) atoms. The van der Waals surface area contributed by atoms with E-state index in [2.05, 4.69) is 4.98 Å². The lowest BCUT2D eigenvalue weighted by Crippen LogP contribution is -1.89. The first-order valence-corrected chi connectivity index (χ1v) is 9.10. The third kappa shape index (κ3) is 2.82. The maximum Gasteiger partial charge on any atom is 0.171 e. The molecule has 3 rings (SSSR count). The summed E-state index contributed by atoms with van der Waals surface area (Å²) in [6.45, 7) is 5.01. The second-order valence-corrected chi connectivity index (χ2v) is 8.04. The summed E-state index contributed by atoms with van der Waals surface area (Å²) >= 11 is 4.58. The number of aromatic nitrogens is 1. The number of hydrogen-bond acceptors (Lipinski definition) is 6. The van der Waals surface area contributed by atoms with E-state index in [0.717, 1.165) is 35.1 Å². The predicted molar refractivity (Wildman–Crippen MR) is 93.5 cm³/mol. The van der Waals surface area contributed by atoms with E-state index in [1.165, 1.54) is 22.7 Å². The Kier molecular flexibility index (Phi) is 4.08. The van der Waals surface area contributed by atoms with Crippen LogP contribution in [0.5, 0.6) is 0 Å². The molecule has 0 saturated carbocycles. The van der Waals surface area contributed by atoms with Gasteiger partial charge in [0.25, 0.3) is 0 Å². The third-order valence-corrected chi connectivity index (χ3v) is 7.02. The molecule has 0 fully saturated rings. The summed E-state index contributed by atoms with van der Waals surface area (Å²) in [6.07, 6.45) is 0. The number of Topliss-reactive ketones (excluding diaryl/α,β-unsaturated/α-hetero) is 2. The van der Waals surface area contributed by atoms with Crippen molar-refractivity contribution in [1.29, 1.82) is 0 Å². The van der Waals surface area contributed by atoms with Gasteiger partial charge in [0.05, 0.1) is 20.3 Å². The predicted octanol–water partition coefficient (Wildman–Crippen LogP) is 5.31. The van der Waals surface area contributed by atoms with Crippen molar-refractivity contribution in [2.45, 2.75) is 20.8 Å². The van der Waals surface area contributed by atoms with Crippen LogP contribution < -0.4 is 0 Å². The Hall–Kier alpha value is -1.63. The molecule has 0 aliphatic rings. The fraction of sp³-hybridized carbons (Fsp3) is 0.188. The SMILES string of the molecule is CC(=O)c1ccc(-c2ccc(-c3nc(C)c(C(C)=O)s3)s2)s1. The van der Waals surface area contributed by atoms with Crippen LogP contribution in [0.1, 0.15) is 38.9 Å². The van der Waals surface area contributed by atoms with Gasteiger partial charge in [-0.1, -0.05) is 0 Å². The van der Waals surface area contributed by atoms with Crippen LogP contribution in [0.3, 0.4) is 0 Å². The number of aryl methyl sites for hydroxylation is 1. The number of hydrogen-bond donors (Lipinski definition) is 0. The van der Waals surface area contributed by atoms with E-state index in [0.29, 0.717) is 0 Å². The molecular formula is C16H13NO2S3. The van der Waals surface area contributed by atoms with Crippen molar-refractivity contribution in [1.82, 2.24) is 4.98 Å². The largest absolute Gasteiger partial charge is 0.294 e. The number of carbonyl (C=O) groups excluding carboxylic acids is 2. The lowest BCUT2D eigenvalue weighted by Gasteiger charge is -1.90. The van der Waals surface area contributed by atoms with Crippen LogP contribution in [0.25, 0.3) is 19.6 Å². The van der Waals surface area contributed by atoms with E-state index < -0.39 is 0 Å². The van der Waals surface area contributed by atoms with E-state index in [4.69, 9.17) is 0 Å². The zero-order valence-electron chi connectivity index (χ0n) is 12.3. The van der Waals surface area contributed by atoms with Crippen LogP contribution in [-0.4, -0.2) is 16.6 Å². The van der Waals surface area contributed by atoms with Crippen LogP contribution in [0, 0.1) is 6.92 Å². The van der Waals surface area contributed by atoms with Gasteiger partial charge in [0.2, 0.25) is 0 Å². The molecule has 0 aliphatic carbocycles. The normalized spacial score (nSPS) is 10.9. The molecule has 0 unspecified atom stereocenters. The third-order valence-electron chi connectivity index (χ3n) is 3.13. The van der Waals surface area contributed by atoms with Crippen LogP contribution in [0.4, 0.5) is 0 Å². The lowest BCUT2D eigenvalue weighted by atomic mass is 10.3. The molecule has 3 nitrogen and oxygen atoms in total. The Labute approximate surface area is 140 Å². The minimum atomic E-state index is 0.0578.